The van der Waals surface area contributed by atoms with Crippen LogP contribution in [0, 0.1) is 0 Å². The van der Waals surface area contributed by atoms with Crippen LogP contribution >= 0.6 is 0 Å². The number of rotatable bonds is 11. The van der Waals surface area contributed by atoms with Crippen LogP contribution in [0.5, 0.6) is 0 Å². The van der Waals surface area contributed by atoms with E-state index in [4.69, 9.17) is 0 Å². The van der Waals surface area contributed by atoms with Crippen molar-refractivity contribution in [2.75, 3.05) is 37.2 Å². The number of aliphatic hydroxyl groups excluding tert-OH is 2. The number of aliphatic hydroxyl groups is 2. The monoisotopic (exact) mass is 551 g/mol. The van der Waals surface area contributed by atoms with Gasteiger partial charge >= 0.3 is 0 Å². The molecule has 1 aliphatic rings. The zero-order valence-corrected chi connectivity index (χ0v) is 23.2. The molecule has 0 saturated carbocycles. The van der Waals surface area contributed by atoms with Crippen molar-refractivity contribution in [3.05, 3.63) is 102 Å². The molecule has 0 aromatic heterocycles. The second-order valence-corrected chi connectivity index (χ2v) is 12.0. The summed E-state index contributed by atoms with van der Waals surface area (Å²) in [4.78, 5) is 18.1. The number of anilines is 1. The Morgan fingerprint density at radius 3 is 2.13 bits per heavy atom. The molecule has 0 radical (unpaired) electrons. The number of nitrogens with zero attached hydrogens (tertiary/aromatic N) is 2. The van der Waals surface area contributed by atoms with Crippen LogP contribution in [0.2, 0.25) is 0 Å². The topological polar surface area (TPSA) is 110 Å². The highest BCUT2D eigenvalue weighted by molar-refractivity contribution is 7.92. The highest BCUT2D eigenvalue weighted by Gasteiger charge is 2.33. The van der Waals surface area contributed by atoms with E-state index in [2.05, 4.69) is 9.62 Å². The fourth-order valence-electron chi connectivity index (χ4n) is 5.15. The minimum Gasteiger partial charge on any atom is -0.392 e. The summed E-state index contributed by atoms with van der Waals surface area (Å²) in [5.74, 6) is -1.02. The number of sulfonamides is 1. The lowest BCUT2D eigenvalue weighted by atomic mass is 9.89. The lowest BCUT2D eigenvalue weighted by Gasteiger charge is -2.35. The van der Waals surface area contributed by atoms with E-state index in [1.807, 2.05) is 66.7 Å². The van der Waals surface area contributed by atoms with E-state index in [1.54, 1.807) is 30.1 Å². The molecule has 3 N–H and O–H groups in total. The third kappa shape index (κ3) is 7.67. The zero-order valence-electron chi connectivity index (χ0n) is 22.3. The number of carbonyl (C=O) groups is 1. The maximum atomic E-state index is 14.3. The highest BCUT2D eigenvalue weighted by Crippen LogP contribution is 2.32. The fourth-order valence-corrected chi connectivity index (χ4v) is 6.35. The van der Waals surface area contributed by atoms with E-state index in [0.29, 0.717) is 31.7 Å². The van der Waals surface area contributed by atoms with Gasteiger partial charge in [-0.1, -0.05) is 72.8 Å². The molecule has 1 heterocycles. The molecule has 39 heavy (non-hydrogen) atoms. The first kappa shape index (κ1) is 28.8. The summed E-state index contributed by atoms with van der Waals surface area (Å²) in [6, 6.07) is 26.0. The molecule has 3 aromatic rings. The van der Waals surface area contributed by atoms with E-state index in [1.165, 1.54) is 6.92 Å². The normalized spacial score (nSPS) is 17.6. The van der Waals surface area contributed by atoms with Crippen molar-refractivity contribution in [1.82, 2.24) is 9.80 Å². The molecule has 1 amide bonds. The van der Waals surface area contributed by atoms with Crippen molar-refractivity contribution < 1.29 is 23.4 Å². The minimum absolute atomic E-state index is 0.0859. The Balaban J connectivity index is 1.69. The van der Waals surface area contributed by atoms with Crippen LogP contribution < -0.4 is 4.72 Å². The van der Waals surface area contributed by atoms with Gasteiger partial charge in [-0.25, -0.2) is 8.42 Å². The molecule has 0 spiro atoms. The summed E-state index contributed by atoms with van der Waals surface area (Å²) in [7, 11) is -1.97. The molecule has 0 aliphatic carbocycles. The average Bonchev–Trinajstić information content (AvgIpc) is 3.32. The Morgan fingerprint density at radius 1 is 1.00 bits per heavy atom. The molecule has 4 rings (SSSR count). The third-order valence-corrected chi connectivity index (χ3v) is 8.48. The molecule has 208 valence electrons. The lowest BCUT2D eigenvalue weighted by molar-refractivity contribution is -0.133. The number of amides is 1. The van der Waals surface area contributed by atoms with Gasteiger partial charge in [-0.2, -0.15) is 0 Å². The minimum atomic E-state index is -3.75. The maximum Gasteiger partial charge on any atom is 0.235 e. The molecule has 3 aromatic carbocycles. The summed E-state index contributed by atoms with van der Waals surface area (Å²) >= 11 is 0. The molecule has 9 heteroatoms. The molecular weight excluding hydrogens is 514 g/mol. The van der Waals surface area contributed by atoms with Crippen LogP contribution in [-0.2, 0) is 14.8 Å². The fraction of sp³-hybridized carbons (Fsp3) is 0.367. The van der Waals surface area contributed by atoms with E-state index < -0.39 is 39.9 Å². The Hall–Kier alpha value is -3.24. The Kier molecular flexibility index (Phi) is 9.40. The van der Waals surface area contributed by atoms with Crippen molar-refractivity contribution in [1.29, 1.82) is 0 Å². The Morgan fingerprint density at radius 2 is 1.59 bits per heavy atom. The number of likely N-dealkylation sites (N-methyl/N-ethyl adjacent to an activating group) is 1. The zero-order chi connectivity index (χ0) is 28.0. The number of hydrogen-bond donors (Lipinski definition) is 3. The molecule has 1 fully saturated rings. The van der Waals surface area contributed by atoms with Gasteiger partial charge in [0.05, 0.1) is 29.9 Å². The van der Waals surface area contributed by atoms with Crippen LogP contribution in [0.3, 0.4) is 0 Å². The van der Waals surface area contributed by atoms with Crippen LogP contribution in [0.15, 0.2) is 84.9 Å². The summed E-state index contributed by atoms with van der Waals surface area (Å²) in [5.41, 5.74) is 2.90. The van der Waals surface area contributed by atoms with Crippen molar-refractivity contribution in [2.45, 2.75) is 37.5 Å². The second kappa shape index (κ2) is 12.7. The van der Waals surface area contributed by atoms with Crippen LogP contribution in [0.25, 0.3) is 0 Å². The van der Waals surface area contributed by atoms with Crippen molar-refractivity contribution in [3.63, 3.8) is 0 Å². The van der Waals surface area contributed by atoms with Gasteiger partial charge in [0.1, 0.15) is 0 Å². The summed E-state index contributed by atoms with van der Waals surface area (Å²) in [6.07, 6.45) is -0.747. The Bertz CT molecular complexity index is 1300. The van der Waals surface area contributed by atoms with Gasteiger partial charge in [-0.05, 0) is 42.2 Å². The SMILES string of the molecule is CC(O)CS(=O)(=O)Nc1cccc(C(CN2CCC(O)C2)N(C)C(=O)C(c2ccccc2)c2ccccc2)c1. The molecule has 1 saturated heterocycles. The van der Waals surface area contributed by atoms with Gasteiger partial charge in [0, 0.05) is 32.4 Å². The van der Waals surface area contributed by atoms with Gasteiger partial charge in [0.2, 0.25) is 15.9 Å². The van der Waals surface area contributed by atoms with Gasteiger partial charge in [0.25, 0.3) is 0 Å². The number of nitrogens with one attached hydrogen (secondary N) is 1. The number of β-amino-alcohol motifs (C(OH)–C–C–N with tert-alkyl or cyclic N) is 1. The summed E-state index contributed by atoms with van der Waals surface area (Å²) in [5, 5.41) is 19.7. The standard InChI is InChI=1S/C30H37N3O5S/c1-22(34)21-39(37,38)31-26-15-9-14-25(18-26)28(20-33-17-16-27(35)19-33)32(2)30(36)29(23-10-5-3-6-11-23)24-12-7-4-8-13-24/h3-15,18,22,27-29,31,34-35H,16-17,19-21H2,1-2H3. The van der Waals surface area contributed by atoms with E-state index >= 15 is 0 Å². The predicted molar refractivity (Wildman–Crippen MR) is 153 cm³/mol. The van der Waals surface area contributed by atoms with Crippen molar-refractivity contribution in [2.24, 2.45) is 0 Å². The summed E-state index contributed by atoms with van der Waals surface area (Å²) < 4.78 is 27.5. The molecule has 8 nitrogen and oxygen atoms in total. The van der Waals surface area contributed by atoms with Crippen LogP contribution in [0.4, 0.5) is 5.69 Å². The largest absolute Gasteiger partial charge is 0.392 e. The number of likely N-dealkylation sites (tertiary alicyclic amines) is 1. The van der Waals surface area contributed by atoms with Gasteiger partial charge < -0.3 is 15.1 Å². The molecular formula is C30H37N3O5S. The number of hydrogen-bond acceptors (Lipinski definition) is 6. The van der Waals surface area contributed by atoms with Gasteiger partial charge in [-0.15, -0.1) is 0 Å². The highest BCUT2D eigenvalue weighted by atomic mass is 32.2. The first-order chi connectivity index (χ1) is 18.6. The van der Waals surface area contributed by atoms with Crippen molar-refractivity contribution in [3.8, 4) is 0 Å². The van der Waals surface area contributed by atoms with E-state index in [0.717, 1.165) is 16.7 Å². The molecule has 3 unspecified atom stereocenters. The first-order valence-corrected chi connectivity index (χ1v) is 14.8. The van der Waals surface area contributed by atoms with Gasteiger partial charge in [-0.3, -0.25) is 14.4 Å². The van der Waals surface area contributed by atoms with Gasteiger partial charge in [0.15, 0.2) is 0 Å². The third-order valence-electron chi connectivity index (χ3n) is 7.01. The number of benzene rings is 3. The summed E-state index contributed by atoms with van der Waals surface area (Å²) in [6.45, 7) is 3.13. The molecule has 0 bridgehead atoms. The van der Waals surface area contributed by atoms with Crippen LogP contribution in [0.1, 0.15) is 42.0 Å². The Labute approximate surface area is 230 Å². The maximum absolute atomic E-state index is 14.3. The average molecular weight is 552 g/mol. The number of carbonyl (C=O) groups excluding carboxylic acids is 1. The van der Waals surface area contributed by atoms with Crippen molar-refractivity contribution >= 4 is 21.6 Å². The predicted octanol–water partition coefficient (Wildman–Crippen LogP) is 3.21. The quantitative estimate of drug-likeness (QED) is 0.338. The lowest BCUT2D eigenvalue weighted by Crippen LogP contribution is -2.41. The molecule has 3 atom stereocenters. The van der Waals surface area contributed by atoms with E-state index in [-0.39, 0.29) is 5.91 Å². The molecule has 1 aliphatic heterocycles. The smallest absolute Gasteiger partial charge is 0.235 e. The second-order valence-electron chi connectivity index (χ2n) is 10.3. The van der Waals surface area contributed by atoms with Crippen LogP contribution in [-0.4, -0.2) is 79.0 Å². The van der Waals surface area contributed by atoms with E-state index in [9.17, 15) is 23.4 Å². The first-order valence-electron chi connectivity index (χ1n) is 13.2.